The quantitative estimate of drug-likeness (QED) is 0.556. The minimum absolute atomic E-state index is 0.278. The lowest BCUT2D eigenvalue weighted by Crippen LogP contribution is -2.25. The lowest BCUT2D eigenvalue weighted by Gasteiger charge is -2.34. The molecule has 0 atom stereocenters. The molecule has 0 amide bonds. The monoisotopic (exact) mass is 347 g/mol. The number of rotatable bonds is 5. The third-order valence-corrected chi connectivity index (χ3v) is 5.04. The van der Waals surface area contributed by atoms with Crippen LogP contribution in [0.15, 0.2) is 52.3 Å². The molecule has 2 aromatic carbocycles. The second-order valence-corrected chi connectivity index (χ2v) is 6.60. The SMILES string of the molecule is CCOC(=O)c1cccc2c1N(CCCCl)c1ccccc1S2. The molecule has 0 radical (unpaired) electrons. The van der Waals surface area contributed by atoms with E-state index >= 15 is 0 Å². The fraction of sp³-hybridized carbons (Fsp3) is 0.278. The highest BCUT2D eigenvalue weighted by Crippen LogP contribution is 2.49. The van der Waals surface area contributed by atoms with Gasteiger partial charge < -0.3 is 9.64 Å². The smallest absolute Gasteiger partial charge is 0.340 e. The van der Waals surface area contributed by atoms with Gasteiger partial charge in [-0.3, -0.25) is 0 Å². The van der Waals surface area contributed by atoms with Gasteiger partial charge in [-0.25, -0.2) is 4.79 Å². The van der Waals surface area contributed by atoms with E-state index in [1.54, 1.807) is 11.8 Å². The van der Waals surface area contributed by atoms with Crippen LogP contribution >= 0.6 is 23.4 Å². The van der Waals surface area contributed by atoms with Gasteiger partial charge in [0.1, 0.15) is 0 Å². The number of benzene rings is 2. The number of carbonyl (C=O) groups excluding carboxylic acids is 1. The van der Waals surface area contributed by atoms with Gasteiger partial charge in [0.2, 0.25) is 0 Å². The first-order valence-electron chi connectivity index (χ1n) is 7.66. The van der Waals surface area contributed by atoms with Crippen LogP contribution in [0.3, 0.4) is 0 Å². The van der Waals surface area contributed by atoms with E-state index in [1.165, 1.54) is 4.90 Å². The Hall–Kier alpha value is -1.65. The molecule has 1 aliphatic heterocycles. The number of ether oxygens (including phenoxy) is 1. The van der Waals surface area contributed by atoms with Crippen molar-refractivity contribution in [3.63, 3.8) is 0 Å². The molecule has 1 aliphatic rings. The van der Waals surface area contributed by atoms with Gasteiger partial charge in [0.05, 0.1) is 23.5 Å². The van der Waals surface area contributed by atoms with Crippen molar-refractivity contribution in [2.24, 2.45) is 0 Å². The largest absolute Gasteiger partial charge is 0.462 e. The zero-order chi connectivity index (χ0) is 16.2. The molecular formula is C18H18ClNO2S. The molecule has 1 heterocycles. The van der Waals surface area contributed by atoms with Crippen LogP contribution in [0, 0.1) is 0 Å². The number of halogens is 1. The number of carbonyl (C=O) groups is 1. The lowest BCUT2D eigenvalue weighted by atomic mass is 10.1. The summed E-state index contributed by atoms with van der Waals surface area (Å²) in [6, 6.07) is 14.0. The molecule has 0 unspecified atom stereocenters. The van der Waals surface area contributed by atoms with Crippen molar-refractivity contribution in [1.82, 2.24) is 0 Å². The molecule has 3 nitrogen and oxygen atoms in total. The van der Waals surface area contributed by atoms with E-state index in [1.807, 2.05) is 37.3 Å². The first-order chi connectivity index (χ1) is 11.3. The first-order valence-corrected chi connectivity index (χ1v) is 9.02. The maximum atomic E-state index is 12.4. The normalized spacial score (nSPS) is 12.5. The van der Waals surface area contributed by atoms with Crippen molar-refractivity contribution in [2.75, 3.05) is 23.9 Å². The van der Waals surface area contributed by atoms with Crippen LogP contribution in [0.5, 0.6) is 0 Å². The minimum Gasteiger partial charge on any atom is -0.462 e. The third-order valence-electron chi connectivity index (χ3n) is 3.66. The van der Waals surface area contributed by atoms with Crippen LogP contribution in [-0.2, 0) is 4.74 Å². The van der Waals surface area contributed by atoms with Crippen LogP contribution in [0.1, 0.15) is 23.7 Å². The maximum Gasteiger partial charge on any atom is 0.340 e. The van der Waals surface area contributed by atoms with Crippen LogP contribution in [0.4, 0.5) is 11.4 Å². The van der Waals surface area contributed by atoms with Gasteiger partial charge in [-0.1, -0.05) is 30.0 Å². The molecule has 5 heteroatoms. The summed E-state index contributed by atoms with van der Waals surface area (Å²) >= 11 is 7.59. The van der Waals surface area contributed by atoms with Crippen molar-refractivity contribution >= 4 is 40.7 Å². The summed E-state index contributed by atoms with van der Waals surface area (Å²) in [6.07, 6.45) is 0.844. The van der Waals surface area contributed by atoms with Crippen molar-refractivity contribution in [3.05, 3.63) is 48.0 Å². The number of alkyl halides is 1. The van der Waals surface area contributed by atoms with Crippen LogP contribution in [-0.4, -0.2) is 25.0 Å². The standard InChI is InChI=1S/C18H18ClNO2S/c1-2-22-18(21)13-7-5-10-16-17(13)20(12-6-11-19)14-8-3-4-9-15(14)23-16/h3-5,7-10H,2,6,11-12H2,1H3. The van der Waals surface area contributed by atoms with Gasteiger partial charge in [0.25, 0.3) is 0 Å². The highest BCUT2D eigenvalue weighted by atomic mass is 35.5. The molecule has 120 valence electrons. The summed E-state index contributed by atoms with van der Waals surface area (Å²) in [5, 5.41) is 0. The van der Waals surface area contributed by atoms with Crippen molar-refractivity contribution in [2.45, 2.75) is 23.1 Å². The second-order valence-electron chi connectivity index (χ2n) is 5.14. The Bertz CT molecular complexity index is 720. The Kier molecular flexibility index (Phi) is 5.13. The topological polar surface area (TPSA) is 29.5 Å². The zero-order valence-electron chi connectivity index (χ0n) is 12.9. The van der Waals surface area contributed by atoms with E-state index in [0.29, 0.717) is 18.1 Å². The fourth-order valence-corrected chi connectivity index (χ4v) is 3.96. The molecule has 0 saturated heterocycles. The molecule has 0 N–H and O–H groups in total. The molecule has 0 spiro atoms. The van der Waals surface area contributed by atoms with E-state index < -0.39 is 0 Å². The minimum atomic E-state index is -0.278. The molecular weight excluding hydrogens is 330 g/mol. The number of esters is 1. The van der Waals surface area contributed by atoms with Crippen molar-refractivity contribution in [3.8, 4) is 0 Å². The average Bonchev–Trinajstić information content (AvgIpc) is 2.58. The number of anilines is 2. The van der Waals surface area contributed by atoms with Crippen molar-refractivity contribution in [1.29, 1.82) is 0 Å². The summed E-state index contributed by atoms with van der Waals surface area (Å²) in [5.74, 6) is 0.308. The first kappa shape index (κ1) is 16.2. The number of para-hydroxylation sites is 2. The summed E-state index contributed by atoms with van der Waals surface area (Å²) in [4.78, 5) is 16.8. The second kappa shape index (κ2) is 7.28. The molecule has 2 aromatic rings. The molecule has 0 saturated carbocycles. The van der Waals surface area contributed by atoms with Gasteiger partial charge in [0.15, 0.2) is 0 Å². The summed E-state index contributed by atoms with van der Waals surface area (Å²) < 4.78 is 5.23. The Morgan fingerprint density at radius 3 is 2.74 bits per heavy atom. The third kappa shape index (κ3) is 3.19. The van der Waals surface area contributed by atoms with Crippen LogP contribution < -0.4 is 4.90 Å². The molecule has 0 aromatic heterocycles. The Morgan fingerprint density at radius 2 is 1.96 bits per heavy atom. The average molecular weight is 348 g/mol. The van der Waals surface area contributed by atoms with Gasteiger partial charge in [-0.15, -0.1) is 11.6 Å². The molecule has 23 heavy (non-hydrogen) atoms. The predicted molar refractivity (Wildman–Crippen MR) is 95.3 cm³/mol. The summed E-state index contributed by atoms with van der Waals surface area (Å²) in [5.41, 5.74) is 2.66. The van der Waals surface area contributed by atoms with Crippen LogP contribution in [0.25, 0.3) is 0 Å². The fourth-order valence-electron chi connectivity index (χ4n) is 2.71. The van der Waals surface area contributed by atoms with E-state index in [2.05, 4.69) is 17.0 Å². The van der Waals surface area contributed by atoms with E-state index in [4.69, 9.17) is 16.3 Å². The van der Waals surface area contributed by atoms with E-state index in [9.17, 15) is 4.79 Å². The Morgan fingerprint density at radius 1 is 1.17 bits per heavy atom. The molecule has 0 fully saturated rings. The maximum absolute atomic E-state index is 12.4. The van der Waals surface area contributed by atoms with Gasteiger partial charge >= 0.3 is 5.97 Å². The number of hydrogen-bond acceptors (Lipinski definition) is 4. The molecule has 0 aliphatic carbocycles. The zero-order valence-corrected chi connectivity index (χ0v) is 14.5. The summed E-state index contributed by atoms with van der Waals surface area (Å²) in [7, 11) is 0. The lowest BCUT2D eigenvalue weighted by molar-refractivity contribution is 0.0527. The predicted octanol–water partition coefficient (Wildman–Crippen LogP) is 5.09. The van der Waals surface area contributed by atoms with Gasteiger partial charge in [-0.05, 0) is 37.6 Å². The van der Waals surface area contributed by atoms with Crippen molar-refractivity contribution < 1.29 is 9.53 Å². The Balaban J connectivity index is 2.10. The van der Waals surface area contributed by atoms with E-state index in [-0.39, 0.29) is 5.97 Å². The number of fused-ring (bicyclic) bond motifs is 2. The number of hydrogen-bond donors (Lipinski definition) is 0. The highest BCUT2D eigenvalue weighted by Gasteiger charge is 2.28. The molecule has 3 rings (SSSR count). The highest BCUT2D eigenvalue weighted by molar-refractivity contribution is 7.99. The van der Waals surface area contributed by atoms with E-state index in [0.717, 1.165) is 29.2 Å². The van der Waals surface area contributed by atoms with Gasteiger partial charge in [-0.2, -0.15) is 0 Å². The van der Waals surface area contributed by atoms with Crippen LogP contribution in [0.2, 0.25) is 0 Å². The number of nitrogens with zero attached hydrogens (tertiary/aromatic N) is 1. The van der Waals surface area contributed by atoms with Gasteiger partial charge in [0, 0.05) is 22.2 Å². The molecule has 0 bridgehead atoms. The summed E-state index contributed by atoms with van der Waals surface area (Å²) in [6.45, 7) is 2.96. The Labute approximate surface area is 145 Å².